The second-order valence-corrected chi connectivity index (χ2v) is 4.65. The van der Waals surface area contributed by atoms with Crippen LogP contribution >= 0.6 is 0 Å². The Balaban J connectivity index is 2.42. The van der Waals surface area contributed by atoms with Crippen LogP contribution < -0.4 is 0 Å². The summed E-state index contributed by atoms with van der Waals surface area (Å²) < 4.78 is 0. The molecule has 0 saturated heterocycles. The predicted octanol–water partition coefficient (Wildman–Crippen LogP) is 1.88. The summed E-state index contributed by atoms with van der Waals surface area (Å²) in [7, 11) is 1.91. The molecule has 0 fully saturated rings. The van der Waals surface area contributed by atoms with E-state index in [1.54, 1.807) is 6.92 Å². The molecule has 1 N–H and O–H groups in total. The van der Waals surface area contributed by atoms with Crippen molar-refractivity contribution >= 4 is 5.78 Å². The van der Waals surface area contributed by atoms with Crippen LogP contribution in [0.1, 0.15) is 29.3 Å². The first-order chi connectivity index (χ1) is 7.99. The fourth-order valence-electron chi connectivity index (χ4n) is 1.72. The van der Waals surface area contributed by atoms with Crippen LogP contribution in [0.15, 0.2) is 24.3 Å². The molecule has 1 unspecified atom stereocenters. The first-order valence-electron chi connectivity index (χ1n) is 5.95. The Hall–Kier alpha value is -1.19. The molecule has 0 aromatic heterocycles. The minimum absolute atomic E-state index is 0.155. The van der Waals surface area contributed by atoms with Crippen molar-refractivity contribution in [2.45, 2.75) is 26.4 Å². The molecule has 0 radical (unpaired) electrons. The molecule has 0 aliphatic carbocycles. The van der Waals surface area contributed by atoms with Crippen LogP contribution in [0.4, 0.5) is 0 Å². The number of ketones is 1. The summed E-state index contributed by atoms with van der Waals surface area (Å²) in [4.78, 5) is 13.8. The van der Waals surface area contributed by atoms with Gasteiger partial charge in [-0.1, -0.05) is 29.8 Å². The lowest BCUT2D eigenvalue weighted by atomic mass is 10.1. The number of Topliss-reactive ketones (excluding diaryl/α,β-unsaturated/α-hetero) is 1. The minimum atomic E-state index is -0.352. The molecule has 17 heavy (non-hydrogen) atoms. The Morgan fingerprint density at radius 2 is 1.94 bits per heavy atom. The number of carbonyl (C=O) groups excluding carboxylic acids is 1. The third kappa shape index (κ3) is 5.11. The number of nitrogens with zero attached hydrogens (tertiary/aromatic N) is 1. The van der Waals surface area contributed by atoms with E-state index in [0.717, 1.165) is 11.1 Å². The van der Waals surface area contributed by atoms with Gasteiger partial charge in [0.1, 0.15) is 0 Å². The van der Waals surface area contributed by atoms with Crippen LogP contribution in [-0.4, -0.2) is 42.0 Å². The van der Waals surface area contributed by atoms with Crippen molar-refractivity contribution in [1.82, 2.24) is 4.90 Å². The van der Waals surface area contributed by atoms with Gasteiger partial charge < -0.3 is 10.0 Å². The smallest absolute Gasteiger partial charge is 0.164 e. The van der Waals surface area contributed by atoms with Gasteiger partial charge in [-0.2, -0.15) is 0 Å². The van der Waals surface area contributed by atoms with Crippen molar-refractivity contribution in [2.75, 3.05) is 20.1 Å². The number of hydrogen-bond acceptors (Lipinski definition) is 3. The number of aryl methyl sites for hydroxylation is 1. The molecule has 0 bridgehead atoms. The van der Waals surface area contributed by atoms with E-state index in [0.29, 0.717) is 19.5 Å². The molecule has 1 rings (SSSR count). The van der Waals surface area contributed by atoms with Crippen molar-refractivity contribution in [3.8, 4) is 0 Å². The van der Waals surface area contributed by atoms with Gasteiger partial charge in [0.2, 0.25) is 0 Å². The highest BCUT2D eigenvalue weighted by molar-refractivity contribution is 5.96. The van der Waals surface area contributed by atoms with Gasteiger partial charge in [-0.3, -0.25) is 4.79 Å². The number of benzene rings is 1. The second kappa shape index (κ2) is 6.52. The van der Waals surface area contributed by atoms with Crippen molar-refractivity contribution < 1.29 is 9.90 Å². The lowest BCUT2D eigenvalue weighted by Gasteiger charge is -2.17. The Bertz CT molecular complexity index is 357. The normalized spacial score (nSPS) is 12.8. The largest absolute Gasteiger partial charge is 0.392 e. The highest BCUT2D eigenvalue weighted by atomic mass is 16.3. The maximum Gasteiger partial charge on any atom is 0.164 e. The highest BCUT2D eigenvalue weighted by Crippen LogP contribution is 2.06. The fraction of sp³-hybridized carbons (Fsp3) is 0.500. The lowest BCUT2D eigenvalue weighted by Crippen LogP contribution is -2.29. The van der Waals surface area contributed by atoms with Crippen LogP contribution in [0.25, 0.3) is 0 Å². The summed E-state index contributed by atoms with van der Waals surface area (Å²) in [6.45, 7) is 5.03. The summed E-state index contributed by atoms with van der Waals surface area (Å²) in [6.07, 6.45) is 0.140. The van der Waals surface area contributed by atoms with E-state index in [4.69, 9.17) is 0 Å². The summed E-state index contributed by atoms with van der Waals surface area (Å²) in [6, 6.07) is 7.64. The van der Waals surface area contributed by atoms with Crippen molar-refractivity contribution in [1.29, 1.82) is 0 Å². The van der Waals surface area contributed by atoms with E-state index >= 15 is 0 Å². The topological polar surface area (TPSA) is 40.5 Å². The molecule has 1 atom stereocenters. The molecular formula is C14H21NO2. The molecule has 0 heterocycles. The molecule has 0 amide bonds. The zero-order valence-corrected chi connectivity index (χ0v) is 10.8. The maximum atomic E-state index is 11.9. The van der Waals surface area contributed by atoms with Gasteiger partial charge in [0.25, 0.3) is 0 Å². The Labute approximate surface area is 103 Å². The van der Waals surface area contributed by atoms with Crippen LogP contribution in [0, 0.1) is 6.92 Å². The van der Waals surface area contributed by atoms with E-state index < -0.39 is 0 Å². The molecule has 1 aromatic carbocycles. The molecule has 0 aliphatic heterocycles. The minimum Gasteiger partial charge on any atom is -0.392 e. The average molecular weight is 235 g/mol. The average Bonchev–Trinajstić information content (AvgIpc) is 2.26. The van der Waals surface area contributed by atoms with Gasteiger partial charge in [0.05, 0.1) is 6.10 Å². The summed E-state index contributed by atoms with van der Waals surface area (Å²) in [5, 5.41) is 9.21. The number of aliphatic hydroxyl groups excluding tert-OH is 1. The second-order valence-electron chi connectivity index (χ2n) is 4.65. The number of aliphatic hydroxyl groups is 1. The van der Waals surface area contributed by atoms with Crippen molar-refractivity contribution in [2.24, 2.45) is 0 Å². The van der Waals surface area contributed by atoms with E-state index in [1.165, 1.54) is 0 Å². The quantitative estimate of drug-likeness (QED) is 0.765. The van der Waals surface area contributed by atoms with Gasteiger partial charge in [0.15, 0.2) is 5.78 Å². The molecular weight excluding hydrogens is 214 g/mol. The number of likely N-dealkylation sites (N-methyl/N-ethyl adjacent to an activating group) is 1. The fourth-order valence-corrected chi connectivity index (χ4v) is 1.72. The van der Waals surface area contributed by atoms with Gasteiger partial charge in [0, 0.05) is 25.1 Å². The van der Waals surface area contributed by atoms with E-state index in [-0.39, 0.29) is 11.9 Å². The molecule has 1 aromatic rings. The number of rotatable bonds is 6. The number of carbonyl (C=O) groups is 1. The zero-order chi connectivity index (χ0) is 12.8. The zero-order valence-electron chi connectivity index (χ0n) is 10.8. The highest BCUT2D eigenvalue weighted by Gasteiger charge is 2.08. The summed E-state index contributed by atoms with van der Waals surface area (Å²) in [5.41, 5.74) is 1.92. The van der Waals surface area contributed by atoms with E-state index in [1.807, 2.05) is 43.1 Å². The van der Waals surface area contributed by atoms with Gasteiger partial charge in [-0.25, -0.2) is 0 Å². The van der Waals surface area contributed by atoms with Gasteiger partial charge >= 0.3 is 0 Å². The van der Waals surface area contributed by atoms with E-state index in [9.17, 15) is 9.90 Å². The van der Waals surface area contributed by atoms with Gasteiger partial charge in [-0.15, -0.1) is 0 Å². The third-order valence-electron chi connectivity index (χ3n) is 2.67. The Morgan fingerprint density at radius 1 is 1.35 bits per heavy atom. The molecule has 94 valence electrons. The molecule has 3 heteroatoms. The van der Waals surface area contributed by atoms with Gasteiger partial charge in [-0.05, 0) is 20.9 Å². The summed E-state index contributed by atoms with van der Waals surface area (Å²) in [5.74, 6) is 0.155. The maximum absolute atomic E-state index is 11.9. The first-order valence-corrected chi connectivity index (χ1v) is 5.95. The third-order valence-corrected chi connectivity index (χ3v) is 2.67. The van der Waals surface area contributed by atoms with Crippen LogP contribution in [0.2, 0.25) is 0 Å². The molecule has 0 aliphatic rings. The molecule has 0 spiro atoms. The summed E-state index contributed by atoms with van der Waals surface area (Å²) >= 11 is 0. The standard InChI is InChI=1S/C14H21NO2/c1-11-4-6-13(7-5-11)14(17)8-9-15(3)10-12(2)16/h4-7,12,16H,8-10H2,1-3H3. The Kier molecular flexibility index (Phi) is 5.32. The number of hydrogen-bond donors (Lipinski definition) is 1. The first kappa shape index (κ1) is 13.9. The molecule has 3 nitrogen and oxygen atoms in total. The SMILES string of the molecule is Cc1ccc(C(=O)CCN(C)CC(C)O)cc1. The lowest BCUT2D eigenvalue weighted by molar-refractivity contribution is 0.0948. The van der Waals surface area contributed by atoms with Crippen LogP contribution in [0.3, 0.4) is 0 Å². The van der Waals surface area contributed by atoms with Crippen LogP contribution in [-0.2, 0) is 0 Å². The molecule has 0 saturated carbocycles. The Morgan fingerprint density at radius 3 is 2.47 bits per heavy atom. The monoisotopic (exact) mass is 235 g/mol. The van der Waals surface area contributed by atoms with Crippen LogP contribution in [0.5, 0.6) is 0 Å². The van der Waals surface area contributed by atoms with Crippen molar-refractivity contribution in [3.63, 3.8) is 0 Å². The predicted molar refractivity (Wildman–Crippen MR) is 69.3 cm³/mol. The van der Waals surface area contributed by atoms with E-state index in [2.05, 4.69) is 0 Å². The van der Waals surface area contributed by atoms with Crippen molar-refractivity contribution in [3.05, 3.63) is 35.4 Å².